The van der Waals surface area contributed by atoms with Crippen molar-refractivity contribution in [2.75, 3.05) is 18.4 Å². The SMILES string of the molecule is O=C(NCCNc1ccccc1[N+](=O)[O-])c1ccc2c(c1)CCCC2. The molecule has 0 aromatic heterocycles. The second kappa shape index (κ2) is 7.79. The van der Waals surface area contributed by atoms with Gasteiger partial charge < -0.3 is 10.6 Å². The van der Waals surface area contributed by atoms with Gasteiger partial charge in [0.15, 0.2) is 0 Å². The van der Waals surface area contributed by atoms with Crippen LogP contribution in [0.4, 0.5) is 11.4 Å². The Morgan fingerprint density at radius 3 is 2.60 bits per heavy atom. The molecule has 6 nitrogen and oxygen atoms in total. The number of benzene rings is 2. The van der Waals surface area contributed by atoms with Crippen molar-refractivity contribution in [3.63, 3.8) is 0 Å². The summed E-state index contributed by atoms with van der Waals surface area (Å²) in [5.74, 6) is -0.113. The first kappa shape index (κ1) is 17.0. The fourth-order valence-corrected chi connectivity index (χ4v) is 3.13. The molecule has 2 N–H and O–H groups in total. The summed E-state index contributed by atoms with van der Waals surface area (Å²) in [6, 6.07) is 12.4. The van der Waals surface area contributed by atoms with E-state index in [2.05, 4.69) is 16.7 Å². The molecule has 2 aromatic rings. The third kappa shape index (κ3) is 4.15. The predicted molar refractivity (Wildman–Crippen MR) is 97.0 cm³/mol. The summed E-state index contributed by atoms with van der Waals surface area (Å²) in [6.07, 6.45) is 4.53. The van der Waals surface area contributed by atoms with Crippen molar-refractivity contribution in [3.8, 4) is 0 Å². The molecule has 1 aliphatic carbocycles. The highest BCUT2D eigenvalue weighted by atomic mass is 16.6. The lowest BCUT2D eigenvalue weighted by molar-refractivity contribution is -0.384. The minimum atomic E-state index is -0.423. The van der Waals surface area contributed by atoms with Gasteiger partial charge >= 0.3 is 0 Å². The number of carbonyl (C=O) groups excluding carboxylic acids is 1. The Kier molecular flexibility index (Phi) is 5.28. The molecule has 0 bridgehead atoms. The van der Waals surface area contributed by atoms with Crippen LogP contribution in [0.2, 0.25) is 0 Å². The van der Waals surface area contributed by atoms with Gasteiger partial charge in [-0.3, -0.25) is 14.9 Å². The van der Waals surface area contributed by atoms with Crippen LogP contribution in [0.3, 0.4) is 0 Å². The van der Waals surface area contributed by atoms with E-state index in [4.69, 9.17) is 0 Å². The molecule has 2 aromatic carbocycles. The van der Waals surface area contributed by atoms with Crippen molar-refractivity contribution >= 4 is 17.3 Å². The first-order valence-corrected chi connectivity index (χ1v) is 8.52. The lowest BCUT2D eigenvalue weighted by atomic mass is 9.90. The number of nitro benzene ring substituents is 1. The molecule has 0 fully saturated rings. The van der Waals surface area contributed by atoms with E-state index < -0.39 is 4.92 Å². The number of hydrogen-bond donors (Lipinski definition) is 2. The Morgan fingerprint density at radius 1 is 1.04 bits per heavy atom. The Labute approximate surface area is 146 Å². The fraction of sp³-hybridized carbons (Fsp3) is 0.316. The van der Waals surface area contributed by atoms with Gasteiger partial charge in [-0.15, -0.1) is 0 Å². The quantitative estimate of drug-likeness (QED) is 0.480. The summed E-state index contributed by atoms with van der Waals surface area (Å²) >= 11 is 0. The van der Waals surface area contributed by atoms with Crippen molar-refractivity contribution in [3.05, 3.63) is 69.3 Å². The topological polar surface area (TPSA) is 84.3 Å². The zero-order chi connectivity index (χ0) is 17.6. The van der Waals surface area contributed by atoms with Crippen molar-refractivity contribution in [1.29, 1.82) is 0 Å². The Balaban J connectivity index is 1.52. The highest BCUT2D eigenvalue weighted by Gasteiger charge is 2.13. The van der Waals surface area contributed by atoms with Gasteiger partial charge in [0.05, 0.1) is 4.92 Å². The van der Waals surface area contributed by atoms with Crippen LogP contribution >= 0.6 is 0 Å². The average Bonchev–Trinajstić information content (AvgIpc) is 2.64. The summed E-state index contributed by atoms with van der Waals surface area (Å²) < 4.78 is 0. The molecule has 1 aliphatic rings. The van der Waals surface area contributed by atoms with Crippen LogP contribution in [-0.4, -0.2) is 23.9 Å². The van der Waals surface area contributed by atoms with Gasteiger partial charge in [-0.05, 0) is 55.0 Å². The van der Waals surface area contributed by atoms with Crippen molar-refractivity contribution in [1.82, 2.24) is 5.32 Å². The summed E-state index contributed by atoms with van der Waals surface area (Å²) in [5, 5.41) is 16.8. The highest BCUT2D eigenvalue weighted by Crippen LogP contribution is 2.23. The molecule has 0 saturated carbocycles. The van der Waals surface area contributed by atoms with Crippen LogP contribution < -0.4 is 10.6 Å². The molecule has 6 heteroatoms. The zero-order valence-corrected chi connectivity index (χ0v) is 14.0. The van der Waals surface area contributed by atoms with E-state index >= 15 is 0 Å². The molecular formula is C19H21N3O3. The second-order valence-corrected chi connectivity index (χ2v) is 6.15. The summed E-state index contributed by atoms with van der Waals surface area (Å²) in [6.45, 7) is 0.809. The van der Waals surface area contributed by atoms with Crippen LogP contribution in [0.15, 0.2) is 42.5 Å². The number of fused-ring (bicyclic) bond motifs is 1. The van der Waals surface area contributed by atoms with E-state index in [0.717, 1.165) is 12.8 Å². The van der Waals surface area contributed by atoms with Gasteiger partial charge in [-0.2, -0.15) is 0 Å². The van der Waals surface area contributed by atoms with Crippen molar-refractivity contribution in [2.24, 2.45) is 0 Å². The minimum absolute atomic E-state index is 0.0310. The van der Waals surface area contributed by atoms with Crippen LogP contribution in [0.25, 0.3) is 0 Å². The maximum Gasteiger partial charge on any atom is 0.292 e. The van der Waals surface area contributed by atoms with E-state index in [0.29, 0.717) is 24.3 Å². The molecule has 25 heavy (non-hydrogen) atoms. The Hall–Kier alpha value is -2.89. The van der Waals surface area contributed by atoms with Gasteiger partial charge in [-0.1, -0.05) is 18.2 Å². The number of rotatable bonds is 6. The van der Waals surface area contributed by atoms with Crippen LogP contribution in [0, 0.1) is 10.1 Å². The van der Waals surface area contributed by atoms with Gasteiger partial charge in [0.25, 0.3) is 11.6 Å². The van der Waals surface area contributed by atoms with Crippen LogP contribution in [0.1, 0.15) is 34.3 Å². The Morgan fingerprint density at radius 2 is 1.80 bits per heavy atom. The molecule has 130 valence electrons. The minimum Gasteiger partial charge on any atom is -0.378 e. The maximum atomic E-state index is 12.3. The van der Waals surface area contributed by atoms with Gasteiger partial charge in [0, 0.05) is 24.7 Å². The largest absolute Gasteiger partial charge is 0.378 e. The van der Waals surface area contributed by atoms with Gasteiger partial charge in [0.1, 0.15) is 5.69 Å². The van der Waals surface area contributed by atoms with E-state index in [1.54, 1.807) is 18.2 Å². The number of anilines is 1. The van der Waals surface area contributed by atoms with Crippen molar-refractivity contribution in [2.45, 2.75) is 25.7 Å². The number of nitrogens with one attached hydrogen (secondary N) is 2. The van der Waals surface area contributed by atoms with Crippen LogP contribution in [0.5, 0.6) is 0 Å². The highest BCUT2D eigenvalue weighted by molar-refractivity contribution is 5.94. The molecule has 0 spiro atoms. The number of amides is 1. The molecule has 1 amide bonds. The first-order chi connectivity index (χ1) is 12.1. The molecule has 0 unspecified atom stereocenters. The number of para-hydroxylation sites is 2. The lowest BCUT2D eigenvalue weighted by Crippen LogP contribution is -2.29. The number of hydrogen-bond acceptors (Lipinski definition) is 4. The smallest absolute Gasteiger partial charge is 0.292 e. The standard InChI is InChI=1S/C19H21N3O3/c23-19(16-10-9-14-5-1-2-6-15(14)13-16)21-12-11-20-17-7-3-4-8-18(17)22(24)25/h3-4,7-10,13,20H,1-2,5-6,11-12H2,(H,21,23). The number of nitro groups is 1. The average molecular weight is 339 g/mol. The fourth-order valence-electron chi connectivity index (χ4n) is 3.13. The third-order valence-corrected chi connectivity index (χ3v) is 4.44. The second-order valence-electron chi connectivity index (χ2n) is 6.15. The third-order valence-electron chi connectivity index (χ3n) is 4.44. The molecule has 3 rings (SSSR count). The van der Waals surface area contributed by atoms with Gasteiger partial charge in [-0.25, -0.2) is 0 Å². The Bertz CT molecular complexity index is 789. The van der Waals surface area contributed by atoms with E-state index in [1.807, 2.05) is 12.1 Å². The van der Waals surface area contributed by atoms with Crippen molar-refractivity contribution < 1.29 is 9.72 Å². The van der Waals surface area contributed by atoms with E-state index in [-0.39, 0.29) is 11.6 Å². The molecule has 0 atom stereocenters. The number of aryl methyl sites for hydroxylation is 2. The summed E-state index contributed by atoms with van der Waals surface area (Å²) in [4.78, 5) is 22.8. The molecular weight excluding hydrogens is 318 g/mol. The normalized spacial score (nSPS) is 13.0. The number of nitrogens with zero attached hydrogens (tertiary/aromatic N) is 1. The lowest BCUT2D eigenvalue weighted by Gasteiger charge is -2.16. The van der Waals surface area contributed by atoms with Gasteiger partial charge in [0.2, 0.25) is 0 Å². The number of carbonyl (C=O) groups is 1. The zero-order valence-electron chi connectivity index (χ0n) is 14.0. The van der Waals surface area contributed by atoms with E-state index in [9.17, 15) is 14.9 Å². The monoisotopic (exact) mass is 339 g/mol. The molecule has 0 aliphatic heterocycles. The predicted octanol–water partition coefficient (Wildman–Crippen LogP) is 3.32. The molecule has 0 heterocycles. The van der Waals surface area contributed by atoms with Crippen LogP contribution in [-0.2, 0) is 12.8 Å². The molecule has 0 radical (unpaired) electrons. The maximum absolute atomic E-state index is 12.3. The van der Waals surface area contributed by atoms with E-state index in [1.165, 1.54) is 30.0 Å². The summed E-state index contributed by atoms with van der Waals surface area (Å²) in [5.41, 5.74) is 3.78. The molecule has 0 saturated heterocycles. The summed E-state index contributed by atoms with van der Waals surface area (Å²) in [7, 11) is 0. The first-order valence-electron chi connectivity index (χ1n) is 8.52.